The Bertz CT molecular complexity index is 1720. The number of aryl methyl sites for hydroxylation is 1. The van der Waals surface area contributed by atoms with Crippen molar-refractivity contribution in [2.24, 2.45) is 0 Å². The van der Waals surface area contributed by atoms with E-state index in [0.717, 1.165) is 22.5 Å². The number of hydrogen-bond donors (Lipinski definition) is 0. The summed E-state index contributed by atoms with van der Waals surface area (Å²) >= 11 is 1.91. The minimum absolute atomic E-state index is 0. The van der Waals surface area contributed by atoms with Crippen molar-refractivity contribution in [3.63, 3.8) is 0 Å². The van der Waals surface area contributed by atoms with Gasteiger partial charge in [0, 0.05) is 37.2 Å². The van der Waals surface area contributed by atoms with Gasteiger partial charge in [0.1, 0.15) is 0 Å². The fraction of sp³-hybridized carbons (Fsp3) is 0.200. The second kappa shape index (κ2) is 12.7. The molecule has 6 rings (SSSR count). The molecule has 6 aromatic rings. The van der Waals surface area contributed by atoms with Crippen molar-refractivity contribution in [2.45, 2.75) is 46.3 Å². The number of hydrogen-bond acceptors (Lipinski definition) is 3. The van der Waals surface area contributed by atoms with E-state index in [-0.39, 0.29) is 20.1 Å². The van der Waals surface area contributed by atoms with Crippen LogP contribution in [0.2, 0.25) is 19.6 Å². The van der Waals surface area contributed by atoms with Gasteiger partial charge in [-0.15, -0.1) is 59.7 Å². The second-order valence-electron chi connectivity index (χ2n) is 11.3. The van der Waals surface area contributed by atoms with E-state index in [1.165, 1.54) is 31.3 Å². The molecule has 2 nitrogen and oxygen atoms in total. The van der Waals surface area contributed by atoms with Crippen molar-refractivity contribution in [1.82, 2.24) is 9.97 Å². The zero-order valence-corrected chi connectivity index (χ0v) is 28.1. The first-order chi connectivity index (χ1) is 18.7. The standard InChI is InChI=1S/C21H20NSSi.C14H14N.Ir/c1-14-11-12-22-18(13-14)17-9-5-7-15-16-8-6-10-19(24(2,3)4)21(16)23-20(15)17;1-11(2)13-8-9-14(15-10-13)12-6-4-3-5-7-12;/h5-8,10-13H,1-4H3;3-6,8-11H,1-2H3;/q2*-1;. The van der Waals surface area contributed by atoms with E-state index in [1.807, 2.05) is 60.1 Å². The summed E-state index contributed by atoms with van der Waals surface area (Å²) in [5.41, 5.74) is 6.68. The number of rotatable bonds is 4. The van der Waals surface area contributed by atoms with Crippen molar-refractivity contribution < 1.29 is 20.1 Å². The third kappa shape index (κ3) is 6.50. The van der Waals surface area contributed by atoms with E-state index >= 15 is 0 Å². The molecular weight excluding hydrogens is 701 g/mol. The molecular formula is C35H34IrN2SSi-2. The molecule has 3 heterocycles. The predicted molar refractivity (Wildman–Crippen MR) is 172 cm³/mol. The molecule has 0 aliphatic rings. The number of aromatic nitrogens is 2. The van der Waals surface area contributed by atoms with Gasteiger partial charge in [0.2, 0.25) is 0 Å². The van der Waals surface area contributed by atoms with E-state index in [1.54, 1.807) is 5.19 Å². The maximum absolute atomic E-state index is 4.59. The SMILES string of the molecule is CC(C)c1ccc(-c2[c-]cccc2)nc1.Cc1ccnc(-c2[c-]ccc3c2sc2c([Si](C)(C)C)cccc23)c1.[Ir]. The van der Waals surface area contributed by atoms with E-state index in [9.17, 15) is 0 Å². The molecule has 0 aliphatic heterocycles. The van der Waals surface area contributed by atoms with Crippen LogP contribution < -0.4 is 5.19 Å². The Morgan fingerprint density at radius 1 is 0.775 bits per heavy atom. The molecule has 3 aromatic carbocycles. The number of thiophene rings is 1. The Labute approximate surface area is 256 Å². The Kier molecular flexibility index (Phi) is 9.53. The van der Waals surface area contributed by atoms with Gasteiger partial charge < -0.3 is 9.97 Å². The van der Waals surface area contributed by atoms with Crippen LogP contribution >= 0.6 is 11.3 Å². The molecule has 0 saturated carbocycles. The van der Waals surface area contributed by atoms with Crippen LogP contribution in [0, 0.1) is 19.1 Å². The molecule has 0 aliphatic carbocycles. The van der Waals surface area contributed by atoms with Crippen molar-refractivity contribution in [1.29, 1.82) is 0 Å². The number of pyridine rings is 2. The maximum Gasteiger partial charge on any atom is 0.0794 e. The average Bonchev–Trinajstić information content (AvgIpc) is 3.32. The first-order valence-corrected chi connectivity index (χ1v) is 17.8. The smallest absolute Gasteiger partial charge is 0.0794 e. The van der Waals surface area contributed by atoms with Gasteiger partial charge in [0.05, 0.1) is 8.07 Å². The first-order valence-electron chi connectivity index (χ1n) is 13.4. The van der Waals surface area contributed by atoms with Crippen LogP contribution in [0.1, 0.15) is 30.9 Å². The Hall–Kier alpha value is -2.95. The minimum atomic E-state index is -1.38. The largest absolute Gasteiger partial charge is 0.305 e. The molecule has 0 bridgehead atoms. The van der Waals surface area contributed by atoms with Crippen LogP contribution in [0.25, 0.3) is 42.7 Å². The van der Waals surface area contributed by atoms with Gasteiger partial charge in [-0.3, -0.25) is 0 Å². The van der Waals surface area contributed by atoms with Crippen molar-refractivity contribution in [2.75, 3.05) is 0 Å². The predicted octanol–water partition coefficient (Wildman–Crippen LogP) is 9.44. The molecule has 5 heteroatoms. The molecule has 0 amide bonds. The topological polar surface area (TPSA) is 25.8 Å². The van der Waals surface area contributed by atoms with Crippen molar-refractivity contribution in [3.05, 3.63) is 115 Å². The molecule has 0 N–H and O–H groups in total. The van der Waals surface area contributed by atoms with Crippen LogP contribution in [-0.2, 0) is 20.1 Å². The molecule has 0 saturated heterocycles. The molecule has 40 heavy (non-hydrogen) atoms. The Morgan fingerprint density at radius 3 is 2.23 bits per heavy atom. The third-order valence-corrected chi connectivity index (χ3v) is 10.4. The minimum Gasteiger partial charge on any atom is -0.305 e. The van der Waals surface area contributed by atoms with E-state index in [2.05, 4.69) is 105 Å². The molecule has 0 atom stereocenters. The third-order valence-electron chi connectivity index (χ3n) is 6.88. The first kappa shape index (κ1) is 30.0. The fourth-order valence-corrected chi connectivity index (χ4v) is 8.38. The van der Waals surface area contributed by atoms with Crippen LogP contribution in [-0.4, -0.2) is 18.0 Å². The molecule has 0 spiro atoms. The monoisotopic (exact) mass is 735 g/mol. The van der Waals surface area contributed by atoms with E-state index in [0.29, 0.717) is 5.92 Å². The summed E-state index contributed by atoms with van der Waals surface area (Å²) in [5.74, 6) is 0.534. The van der Waals surface area contributed by atoms with Crippen molar-refractivity contribution in [3.8, 4) is 22.5 Å². The maximum atomic E-state index is 4.59. The molecule has 205 valence electrons. The summed E-state index contributed by atoms with van der Waals surface area (Å²) in [6.07, 6.45) is 3.83. The Balaban J connectivity index is 0.000000200. The normalized spacial score (nSPS) is 11.3. The number of fused-ring (bicyclic) bond motifs is 3. The van der Waals surface area contributed by atoms with Crippen LogP contribution in [0.4, 0.5) is 0 Å². The summed E-state index contributed by atoms with van der Waals surface area (Å²) < 4.78 is 2.75. The average molecular weight is 735 g/mol. The van der Waals surface area contributed by atoms with Crippen LogP contribution in [0.15, 0.2) is 91.3 Å². The van der Waals surface area contributed by atoms with E-state index in [4.69, 9.17) is 0 Å². The van der Waals surface area contributed by atoms with Gasteiger partial charge in [-0.2, -0.15) is 11.3 Å². The van der Waals surface area contributed by atoms with E-state index < -0.39 is 8.07 Å². The second-order valence-corrected chi connectivity index (χ2v) is 17.3. The summed E-state index contributed by atoms with van der Waals surface area (Å²) in [6.45, 7) is 13.7. The molecule has 1 radical (unpaired) electrons. The zero-order chi connectivity index (χ0) is 27.6. The van der Waals surface area contributed by atoms with Gasteiger partial charge >= 0.3 is 0 Å². The van der Waals surface area contributed by atoms with Crippen LogP contribution in [0.3, 0.4) is 0 Å². The van der Waals surface area contributed by atoms with Gasteiger partial charge in [0.15, 0.2) is 0 Å². The summed E-state index contributed by atoms with van der Waals surface area (Å²) in [5, 5.41) is 4.24. The Morgan fingerprint density at radius 2 is 1.57 bits per heavy atom. The summed E-state index contributed by atoms with van der Waals surface area (Å²) in [7, 11) is -1.38. The fourth-order valence-electron chi connectivity index (χ4n) is 4.68. The van der Waals surface area contributed by atoms with Gasteiger partial charge in [-0.1, -0.05) is 80.8 Å². The van der Waals surface area contributed by atoms with Gasteiger partial charge in [-0.05, 0) is 51.1 Å². The van der Waals surface area contributed by atoms with Gasteiger partial charge in [-0.25, -0.2) is 0 Å². The molecule has 0 unspecified atom stereocenters. The molecule has 3 aromatic heterocycles. The van der Waals surface area contributed by atoms with Gasteiger partial charge in [0.25, 0.3) is 0 Å². The summed E-state index contributed by atoms with van der Waals surface area (Å²) in [6, 6.07) is 33.9. The van der Waals surface area contributed by atoms with Crippen molar-refractivity contribution >= 4 is 44.8 Å². The quantitative estimate of drug-likeness (QED) is 0.133. The molecule has 0 fully saturated rings. The number of benzene rings is 3. The summed E-state index contributed by atoms with van der Waals surface area (Å²) in [4.78, 5) is 9.02. The zero-order valence-electron chi connectivity index (χ0n) is 23.9. The van der Waals surface area contributed by atoms with Crippen LogP contribution in [0.5, 0.6) is 0 Å². The number of nitrogens with zero attached hydrogens (tertiary/aromatic N) is 2.